The first-order valence-corrected chi connectivity index (χ1v) is 9.79. The average molecular weight is 408 g/mol. The molecular weight excluding hydrogens is 386 g/mol. The molecule has 0 bridgehead atoms. The number of carbonyl (C=O) groups is 1. The molecule has 3 aromatic rings. The van der Waals surface area contributed by atoms with Crippen LogP contribution in [0.25, 0.3) is 22.4 Å². The molecule has 3 rings (SSSR count). The maximum atomic E-state index is 12.1. The third kappa shape index (κ3) is 5.04. The summed E-state index contributed by atoms with van der Waals surface area (Å²) in [5, 5.41) is 0.612. The molecule has 0 unspecified atom stereocenters. The zero-order valence-electron chi connectivity index (χ0n) is 16.4. The maximum absolute atomic E-state index is 12.1. The summed E-state index contributed by atoms with van der Waals surface area (Å²) < 4.78 is 11.0. The highest BCUT2D eigenvalue weighted by Crippen LogP contribution is 2.38. The van der Waals surface area contributed by atoms with Gasteiger partial charge in [-0.15, -0.1) is 0 Å². The molecule has 0 spiro atoms. The highest BCUT2D eigenvalue weighted by Gasteiger charge is 2.15. The van der Waals surface area contributed by atoms with Crippen LogP contribution < -0.4 is 4.74 Å². The Kier molecular flexibility index (Phi) is 7.04. The lowest BCUT2D eigenvalue weighted by atomic mass is 9.96. The van der Waals surface area contributed by atoms with Gasteiger partial charge in [-0.1, -0.05) is 54.1 Å². The summed E-state index contributed by atoms with van der Waals surface area (Å²) in [7, 11) is 0. The lowest BCUT2D eigenvalue weighted by Gasteiger charge is -2.15. The Hall–Kier alpha value is -3.11. The number of benzene rings is 2. The number of carbonyl (C=O) groups excluding carboxylic acids is 1. The second-order valence-corrected chi connectivity index (χ2v) is 6.63. The summed E-state index contributed by atoms with van der Waals surface area (Å²) >= 11 is 6.28. The van der Waals surface area contributed by atoms with E-state index in [0.29, 0.717) is 23.9 Å². The van der Waals surface area contributed by atoms with Gasteiger partial charge in [0.05, 0.1) is 12.3 Å². The van der Waals surface area contributed by atoms with Gasteiger partial charge in [-0.3, -0.25) is 0 Å². The van der Waals surface area contributed by atoms with Crippen molar-refractivity contribution in [1.29, 1.82) is 0 Å². The monoisotopic (exact) mass is 407 g/mol. The number of ether oxygens (including phenoxy) is 2. The summed E-state index contributed by atoms with van der Waals surface area (Å²) in [5.41, 5.74) is 3.59. The smallest absolute Gasteiger partial charge is 0.356 e. The topological polar surface area (TPSA) is 48.4 Å². The summed E-state index contributed by atoms with van der Waals surface area (Å²) in [6.07, 6.45) is 3.88. The summed E-state index contributed by atoms with van der Waals surface area (Å²) in [6, 6.07) is 18.7. The van der Waals surface area contributed by atoms with Gasteiger partial charge in [0.1, 0.15) is 18.1 Å². The summed E-state index contributed by atoms with van der Waals surface area (Å²) in [4.78, 5) is 16.6. The van der Waals surface area contributed by atoms with E-state index in [9.17, 15) is 4.79 Å². The van der Waals surface area contributed by atoms with Crippen LogP contribution in [0.4, 0.5) is 0 Å². The van der Waals surface area contributed by atoms with Crippen LogP contribution in [-0.4, -0.2) is 24.2 Å². The number of esters is 1. The van der Waals surface area contributed by atoms with Crippen molar-refractivity contribution >= 4 is 17.6 Å². The molecule has 0 N–H and O–H groups in total. The van der Waals surface area contributed by atoms with Crippen molar-refractivity contribution in [3.05, 3.63) is 83.5 Å². The van der Waals surface area contributed by atoms with E-state index in [1.54, 1.807) is 25.1 Å². The Morgan fingerprint density at radius 2 is 1.83 bits per heavy atom. The maximum Gasteiger partial charge on any atom is 0.356 e. The molecule has 0 amide bonds. The van der Waals surface area contributed by atoms with Gasteiger partial charge in [-0.25, -0.2) is 9.78 Å². The van der Waals surface area contributed by atoms with Crippen LogP contribution in [0.5, 0.6) is 5.75 Å². The molecule has 29 heavy (non-hydrogen) atoms. The van der Waals surface area contributed by atoms with E-state index in [1.165, 1.54) is 0 Å². The molecule has 0 atom stereocenters. The van der Waals surface area contributed by atoms with Crippen LogP contribution >= 0.6 is 11.6 Å². The lowest BCUT2D eigenvalue weighted by molar-refractivity contribution is 0.0519. The van der Waals surface area contributed by atoms with E-state index in [2.05, 4.69) is 4.98 Å². The number of nitrogens with zero attached hydrogens (tertiary/aromatic N) is 1. The molecule has 0 radical (unpaired) electrons. The molecule has 0 aliphatic heterocycles. The first kappa shape index (κ1) is 20.6. The Morgan fingerprint density at radius 3 is 2.59 bits per heavy atom. The van der Waals surface area contributed by atoms with Crippen molar-refractivity contribution in [3.8, 4) is 28.1 Å². The van der Waals surface area contributed by atoms with Gasteiger partial charge in [-0.2, -0.15) is 0 Å². The number of hydrogen-bond donors (Lipinski definition) is 0. The first-order valence-electron chi connectivity index (χ1n) is 9.41. The van der Waals surface area contributed by atoms with E-state index in [0.717, 1.165) is 22.4 Å². The molecule has 1 aromatic heterocycles. The number of rotatable bonds is 7. The third-order valence-electron chi connectivity index (χ3n) is 4.24. The van der Waals surface area contributed by atoms with E-state index in [1.807, 2.05) is 61.5 Å². The Morgan fingerprint density at radius 1 is 1.03 bits per heavy atom. The second-order valence-electron chi connectivity index (χ2n) is 6.19. The van der Waals surface area contributed by atoms with Crippen molar-refractivity contribution in [1.82, 2.24) is 4.98 Å². The van der Waals surface area contributed by atoms with Crippen molar-refractivity contribution in [2.75, 3.05) is 13.2 Å². The van der Waals surface area contributed by atoms with E-state index in [4.69, 9.17) is 21.1 Å². The van der Waals surface area contributed by atoms with Gasteiger partial charge in [0, 0.05) is 16.1 Å². The Bertz CT molecular complexity index is 1030. The standard InChI is InChI=1S/C24H22ClNO3/c1-3-5-15-29-23-14-13-17(25)16-20(23)18-9-6-7-10-19(18)21-11-8-12-22(26-21)24(27)28-4-2/h3,5-14,16H,4,15H2,1-2H3/b5-3-. The number of halogens is 1. The fourth-order valence-corrected chi connectivity index (χ4v) is 3.09. The molecule has 2 aromatic carbocycles. The number of aromatic nitrogens is 1. The first-order chi connectivity index (χ1) is 14.1. The minimum Gasteiger partial charge on any atom is -0.489 e. The number of hydrogen-bond acceptors (Lipinski definition) is 4. The second kappa shape index (κ2) is 9.89. The van der Waals surface area contributed by atoms with Crippen LogP contribution in [0, 0.1) is 0 Å². The van der Waals surface area contributed by atoms with Crippen LogP contribution in [0.2, 0.25) is 5.02 Å². The van der Waals surface area contributed by atoms with Gasteiger partial charge in [0.2, 0.25) is 0 Å². The molecule has 5 heteroatoms. The molecule has 0 saturated heterocycles. The van der Waals surface area contributed by atoms with Crippen molar-refractivity contribution < 1.29 is 14.3 Å². The molecule has 0 aliphatic rings. The molecular formula is C24H22ClNO3. The predicted octanol–water partition coefficient (Wildman–Crippen LogP) is 6.20. The van der Waals surface area contributed by atoms with Gasteiger partial charge in [-0.05, 0) is 49.7 Å². The van der Waals surface area contributed by atoms with Gasteiger partial charge >= 0.3 is 5.97 Å². The van der Waals surface area contributed by atoms with Crippen molar-refractivity contribution in [2.45, 2.75) is 13.8 Å². The van der Waals surface area contributed by atoms with Crippen LogP contribution in [0.3, 0.4) is 0 Å². The summed E-state index contributed by atoms with van der Waals surface area (Å²) in [6.45, 7) is 4.48. The van der Waals surface area contributed by atoms with E-state index < -0.39 is 5.97 Å². The SMILES string of the molecule is C/C=C\COc1ccc(Cl)cc1-c1ccccc1-c1cccc(C(=O)OCC)n1. The highest BCUT2D eigenvalue weighted by atomic mass is 35.5. The normalized spacial score (nSPS) is 10.9. The largest absolute Gasteiger partial charge is 0.489 e. The van der Waals surface area contributed by atoms with Gasteiger partial charge in [0.15, 0.2) is 0 Å². The molecule has 148 valence electrons. The Balaban J connectivity index is 2.08. The Labute approximate surface area is 175 Å². The summed E-state index contributed by atoms with van der Waals surface area (Å²) in [5.74, 6) is 0.284. The molecule has 0 saturated carbocycles. The fraction of sp³-hybridized carbons (Fsp3) is 0.167. The van der Waals surface area contributed by atoms with Gasteiger partial charge < -0.3 is 9.47 Å². The van der Waals surface area contributed by atoms with Gasteiger partial charge in [0.25, 0.3) is 0 Å². The minimum atomic E-state index is -0.440. The average Bonchev–Trinajstić information content (AvgIpc) is 2.75. The highest BCUT2D eigenvalue weighted by molar-refractivity contribution is 6.31. The molecule has 0 aliphatic carbocycles. The van der Waals surface area contributed by atoms with Crippen molar-refractivity contribution in [3.63, 3.8) is 0 Å². The van der Waals surface area contributed by atoms with E-state index >= 15 is 0 Å². The predicted molar refractivity (Wildman–Crippen MR) is 116 cm³/mol. The zero-order valence-corrected chi connectivity index (χ0v) is 17.1. The van der Waals surface area contributed by atoms with E-state index in [-0.39, 0.29) is 5.69 Å². The quantitative estimate of drug-likeness (QED) is 0.345. The number of allylic oxidation sites excluding steroid dienone is 1. The van der Waals surface area contributed by atoms with Crippen molar-refractivity contribution in [2.24, 2.45) is 0 Å². The third-order valence-corrected chi connectivity index (χ3v) is 4.47. The molecule has 0 fully saturated rings. The minimum absolute atomic E-state index is 0.273. The lowest BCUT2D eigenvalue weighted by Crippen LogP contribution is -2.07. The fourth-order valence-electron chi connectivity index (χ4n) is 2.92. The zero-order chi connectivity index (χ0) is 20.6. The molecule has 1 heterocycles. The van der Waals surface area contributed by atoms with Crippen LogP contribution in [0.1, 0.15) is 24.3 Å². The molecule has 4 nitrogen and oxygen atoms in total. The van der Waals surface area contributed by atoms with Crippen LogP contribution in [-0.2, 0) is 4.74 Å². The number of pyridine rings is 1. The van der Waals surface area contributed by atoms with Crippen LogP contribution in [0.15, 0.2) is 72.8 Å².